The molecule has 1 fully saturated rings. The molecule has 7 heteroatoms. The molecule has 6 rings (SSSR count). The molecular formula is C26H31N3O4. The number of ether oxygens (including phenoxy) is 4. The van der Waals surface area contributed by atoms with E-state index in [2.05, 4.69) is 42.0 Å². The summed E-state index contributed by atoms with van der Waals surface area (Å²) in [6, 6.07) is 13.0. The van der Waals surface area contributed by atoms with Crippen molar-refractivity contribution in [2.75, 3.05) is 26.5 Å². The number of likely N-dealkylation sites (tertiary alicyclic amines) is 1. The van der Waals surface area contributed by atoms with Crippen LogP contribution in [0.3, 0.4) is 0 Å². The summed E-state index contributed by atoms with van der Waals surface area (Å²) < 4.78 is 24.0. The summed E-state index contributed by atoms with van der Waals surface area (Å²) >= 11 is 0. The fourth-order valence-electron chi connectivity index (χ4n) is 5.51. The first-order valence-corrected chi connectivity index (χ1v) is 12.0. The summed E-state index contributed by atoms with van der Waals surface area (Å²) in [4.78, 5) is 2.52. The number of fused-ring (bicyclic) bond motifs is 5. The number of hydrogen-bond acceptors (Lipinski definition) is 7. The van der Waals surface area contributed by atoms with Crippen molar-refractivity contribution < 1.29 is 18.9 Å². The van der Waals surface area contributed by atoms with Crippen molar-refractivity contribution >= 4 is 5.71 Å². The molecule has 4 heterocycles. The smallest absolute Gasteiger partial charge is 0.231 e. The van der Waals surface area contributed by atoms with Crippen LogP contribution >= 0.6 is 0 Å². The molecule has 0 bridgehead atoms. The number of benzene rings is 2. The number of para-hydroxylation sites is 1. The van der Waals surface area contributed by atoms with Crippen LogP contribution in [-0.2, 0) is 0 Å². The molecule has 7 nitrogen and oxygen atoms in total. The van der Waals surface area contributed by atoms with E-state index in [9.17, 15) is 0 Å². The molecule has 2 aromatic rings. The average Bonchev–Trinajstić information content (AvgIpc) is 3.48. The molecule has 1 spiro atoms. The fourth-order valence-corrected chi connectivity index (χ4v) is 5.51. The Morgan fingerprint density at radius 1 is 1.12 bits per heavy atom. The fraction of sp³-hybridized carbons (Fsp3) is 0.500. The first-order chi connectivity index (χ1) is 16.1. The van der Waals surface area contributed by atoms with Gasteiger partial charge in [0.1, 0.15) is 0 Å². The molecule has 2 aromatic carbocycles. The normalized spacial score (nSPS) is 22.7. The number of hydrogen-bond donors (Lipinski definition) is 0. The van der Waals surface area contributed by atoms with Gasteiger partial charge in [-0.3, -0.25) is 0 Å². The highest BCUT2D eigenvalue weighted by molar-refractivity contribution is 6.02. The number of nitrogens with zero attached hydrogens (tertiary/aromatic N) is 3. The molecule has 4 aliphatic heterocycles. The van der Waals surface area contributed by atoms with Gasteiger partial charge in [-0.1, -0.05) is 12.1 Å². The maximum absolute atomic E-state index is 6.87. The standard InChI is InChI=1S/C26H31N3O4/c1-4-30-23-7-5-6-19-21-15-20(18-8-9-22-24(14-18)32-16-31-22)27-29(21)26(33-25(19)23)10-12-28(13-11-26)17(2)3/h5-9,14,17,21H,4,10-13,15-16H2,1-3H3/t21-/m0/s1. The summed E-state index contributed by atoms with van der Waals surface area (Å²) in [5.74, 6) is 3.30. The second-order valence-corrected chi connectivity index (χ2v) is 9.46. The van der Waals surface area contributed by atoms with Crippen LogP contribution in [0, 0.1) is 0 Å². The summed E-state index contributed by atoms with van der Waals surface area (Å²) in [6.45, 7) is 9.40. The van der Waals surface area contributed by atoms with E-state index in [0.717, 1.165) is 72.2 Å². The molecule has 0 saturated carbocycles. The molecule has 0 amide bonds. The lowest BCUT2D eigenvalue weighted by Crippen LogP contribution is -2.59. The van der Waals surface area contributed by atoms with Crippen LogP contribution in [0.4, 0.5) is 0 Å². The molecule has 0 aromatic heterocycles. The first kappa shape index (κ1) is 20.7. The van der Waals surface area contributed by atoms with E-state index < -0.39 is 5.72 Å². The second kappa shape index (κ2) is 7.83. The molecular weight excluding hydrogens is 418 g/mol. The van der Waals surface area contributed by atoms with Crippen LogP contribution in [0.1, 0.15) is 57.2 Å². The molecule has 0 unspecified atom stereocenters. The largest absolute Gasteiger partial charge is 0.490 e. The van der Waals surface area contributed by atoms with Crippen LogP contribution in [0.15, 0.2) is 41.5 Å². The third kappa shape index (κ3) is 3.32. The van der Waals surface area contributed by atoms with Crippen molar-refractivity contribution in [2.45, 2.75) is 57.8 Å². The molecule has 0 radical (unpaired) electrons. The van der Waals surface area contributed by atoms with E-state index in [1.54, 1.807) is 0 Å². The van der Waals surface area contributed by atoms with Gasteiger partial charge in [0.2, 0.25) is 12.5 Å². The van der Waals surface area contributed by atoms with Crippen LogP contribution in [-0.4, -0.2) is 53.9 Å². The lowest BCUT2D eigenvalue weighted by molar-refractivity contribution is -0.153. The van der Waals surface area contributed by atoms with Gasteiger partial charge in [-0.25, -0.2) is 5.01 Å². The zero-order valence-corrected chi connectivity index (χ0v) is 19.5. The van der Waals surface area contributed by atoms with E-state index in [1.165, 1.54) is 0 Å². The van der Waals surface area contributed by atoms with E-state index in [0.29, 0.717) is 12.6 Å². The Morgan fingerprint density at radius 2 is 1.94 bits per heavy atom. The van der Waals surface area contributed by atoms with Gasteiger partial charge < -0.3 is 23.8 Å². The zero-order valence-electron chi connectivity index (χ0n) is 19.5. The Morgan fingerprint density at radius 3 is 2.73 bits per heavy atom. The van der Waals surface area contributed by atoms with Crippen molar-refractivity contribution in [3.05, 3.63) is 47.5 Å². The van der Waals surface area contributed by atoms with Crippen molar-refractivity contribution in [3.63, 3.8) is 0 Å². The van der Waals surface area contributed by atoms with Crippen molar-refractivity contribution in [2.24, 2.45) is 5.10 Å². The average molecular weight is 450 g/mol. The summed E-state index contributed by atoms with van der Waals surface area (Å²) in [5, 5.41) is 7.45. The SMILES string of the molecule is CCOc1cccc2c1OC1(CCN(C(C)C)CC1)N1N=C(c3ccc4c(c3)OCO4)C[C@@H]21. The minimum atomic E-state index is -0.464. The highest BCUT2D eigenvalue weighted by Gasteiger charge is 2.52. The maximum Gasteiger partial charge on any atom is 0.231 e. The summed E-state index contributed by atoms with van der Waals surface area (Å²) in [7, 11) is 0. The van der Waals surface area contributed by atoms with E-state index in [1.807, 2.05) is 25.1 Å². The molecule has 1 saturated heterocycles. The minimum Gasteiger partial charge on any atom is -0.490 e. The van der Waals surface area contributed by atoms with Crippen molar-refractivity contribution in [1.29, 1.82) is 0 Å². The van der Waals surface area contributed by atoms with Gasteiger partial charge >= 0.3 is 0 Å². The van der Waals surface area contributed by atoms with Crippen LogP contribution < -0.4 is 18.9 Å². The van der Waals surface area contributed by atoms with Crippen molar-refractivity contribution in [3.8, 4) is 23.0 Å². The molecule has 0 N–H and O–H groups in total. The second-order valence-electron chi connectivity index (χ2n) is 9.46. The molecule has 1 atom stereocenters. The molecule has 174 valence electrons. The Labute approximate surface area is 194 Å². The van der Waals surface area contributed by atoms with Gasteiger partial charge in [-0.05, 0) is 45.0 Å². The highest BCUT2D eigenvalue weighted by atomic mass is 16.7. The van der Waals surface area contributed by atoms with Gasteiger partial charge in [-0.2, -0.15) is 5.10 Å². The van der Waals surface area contributed by atoms with Gasteiger partial charge in [0.05, 0.1) is 18.4 Å². The van der Waals surface area contributed by atoms with E-state index in [-0.39, 0.29) is 12.8 Å². The maximum atomic E-state index is 6.87. The predicted octanol–water partition coefficient (Wildman–Crippen LogP) is 4.56. The van der Waals surface area contributed by atoms with Crippen LogP contribution in [0.25, 0.3) is 0 Å². The van der Waals surface area contributed by atoms with Gasteiger partial charge in [0.15, 0.2) is 23.0 Å². The number of hydrazone groups is 1. The molecule has 33 heavy (non-hydrogen) atoms. The number of piperidine rings is 1. The Hall–Kier alpha value is -2.93. The lowest BCUT2D eigenvalue weighted by atomic mass is 9.90. The molecule has 4 aliphatic rings. The quantitative estimate of drug-likeness (QED) is 0.682. The third-order valence-corrected chi connectivity index (χ3v) is 7.30. The monoisotopic (exact) mass is 449 g/mol. The van der Waals surface area contributed by atoms with Crippen molar-refractivity contribution in [1.82, 2.24) is 9.91 Å². The lowest BCUT2D eigenvalue weighted by Gasteiger charge is -2.51. The minimum absolute atomic E-state index is 0.125. The zero-order chi connectivity index (χ0) is 22.6. The first-order valence-electron chi connectivity index (χ1n) is 12.0. The topological polar surface area (TPSA) is 55.8 Å². The summed E-state index contributed by atoms with van der Waals surface area (Å²) in [6.07, 6.45) is 2.63. The van der Waals surface area contributed by atoms with Crippen LogP contribution in [0.2, 0.25) is 0 Å². The predicted molar refractivity (Wildman–Crippen MR) is 125 cm³/mol. The van der Waals surface area contributed by atoms with E-state index in [4.69, 9.17) is 24.0 Å². The third-order valence-electron chi connectivity index (χ3n) is 7.30. The van der Waals surface area contributed by atoms with E-state index >= 15 is 0 Å². The van der Waals surface area contributed by atoms with Gasteiger partial charge in [-0.15, -0.1) is 0 Å². The summed E-state index contributed by atoms with van der Waals surface area (Å²) in [5.41, 5.74) is 2.82. The molecule has 0 aliphatic carbocycles. The Balaban J connectivity index is 1.40. The van der Waals surface area contributed by atoms with Gasteiger partial charge in [0.25, 0.3) is 0 Å². The Bertz CT molecular complexity index is 1090. The number of rotatable bonds is 4. The van der Waals surface area contributed by atoms with Gasteiger partial charge in [0, 0.05) is 49.5 Å². The highest BCUT2D eigenvalue weighted by Crippen LogP contribution is 2.53. The van der Waals surface area contributed by atoms with Crippen LogP contribution in [0.5, 0.6) is 23.0 Å². The Kier molecular flexibility index (Phi) is 4.91.